The van der Waals surface area contributed by atoms with Crippen molar-refractivity contribution in [2.75, 3.05) is 26.3 Å². The van der Waals surface area contributed by atoms with Gasteiger partial charge in [-0.3, -0.25) is 0 Å². The van der Waals surface area contributed by atoms with E-state index in [4.69, 9.17) is 11.2 Å². The summed E-state index contributed by atoms with van der Waals surface area (Å²) in [7, 11) is 0. The summed E-state index contributed by atoms with van der Waals surface area (Å²) in [5.74, 6) is 2.63. The molecule has 0 rings (SSSR count). The molecule has 0 aliphatic heterocycles. The van der Waals surface area contributed by atoms with E-state index in [9.17, 15) is 5.11 Å². The first-order valence-electron chi connectivity index (χ1n) is 8.21. The van der Waals surface area contributed by atoms with Crippen LogP contribution in [-0.4, -0.2) is 37.5 Å². The van der Waals surface area contributed by atoms with Crippen LogP contribution in [0.4, 0.5) is 0 Å². The number of unbranched alkanes of at least 4 members (excludes halogenated alkanes) is 7. The second kappa shape index (κ2) is 16.5. The molecule has 0 radical (unpaired) electrons. The second-order valence-corrected chi connectivity index (χ2v) is 5.36. The molecule has 0 fully saturated rings. The van der Waals surface area contributed by atoms with Crippen LogP contribution in [0.25, 0.3) is 0 Å². The predicted molar refractivity (Wildman–Crippen MR) is 85.8 cm³/mol. The molecule has 3 heteroatoms. The van der Waals surface area contributed by atoms with Gasteiger partial charge in [-0.1, -0.05) is 39.0 Å². The van der Waals surface area contributed by atoms with Gasteiger partial charge in [-0.25, -0.2) is 0 Å². The smallest absolute Gasteiger partial charge is 0.0897 e. The molecular weight excluding hydrogens is 250 g/mol. The predicted octanol–water partition coefficient (Wildman–Crippen LogP) is 3.12. The molecule has 0 heterocycles. The van der Waals surface area contributed by atoms with Crippen molar-refractivity contribution < 1.29 is 9.84 Å². The Morgan fingerprint density at radius 2 is 1.85 bits per heavy atom. The first-order chi connectivity index (χ1) is 9.81. The maximum atomic E-state index is 9.70. The van der Waals surface area contributed by atoms with Gasteiger partial charge in [-0.15, -0.1) is 12.3 Å². The van der Waals surface area contributed by atoms with E-state index in [1.54, 1.807) is 0 Å². The SMILES string of the molecule is C#CCCCCNCC(O)COCCCCCCCC. The number of nitrogens with one attached hydrogen (secondary N) is 1. The summed E-state index contributed by atoms with van der Waals surface area (Å²) >= 11 is 0. The Hall–Kier alpha value is -0.560. The minimum atomic E-state index is -0.400. The van der Waals surface area contributed by atoms with Crippen LogP contribution in [-0.2, 0) is 4.74 Å². The van der Waals surface area contributed by atoms with Gasteiger partial charge in [-0.05, 0) is 25.8 Å². The van der Waals surface area contributed by atoms with Gasteiger partial charge in [0.05, 0.1) is 12.7 Å². The summed E-state index contributed by atoms with van der Waals surface area (Å²) in [5.41, 5.74) is 0. The van der Waals surface area contributed by atoms with Gasteiger partial charge >= 0.3 is 0 Å². The average Bonchev–Trinajstić information content (AvgIpc) is 2.45. The van der Waals surface area contributed by atoms with Gasteiger partial charge in [-0.2, -0.15) is 0 Å². The Balaban J connectivity index is 3.12. The fourth-order valence-electron chi connectivity index (χ4n) is 2.01. The third-order valence-electron chi connectivity index (χ3n) is 3.26. The maximum absolute atomic E-state index is 9.70. The van der Waals surface area contributed by atoms with E-state index in [-0.39, 0.29) is 0 Å². The van der Waals surface area contributed by atoms with Crippen LogP contribution in [0.2, 0.25) is 0 Å². The van der Waals surface area contributed by atoms with Crippen molar-refractivity contribution >= 4 is 0 Å². The molecule has 118 valence electrons. The minimum absolute atomic E-state index is 0.400. The largest absolute Gasteiger partial charge is 0.389 e. The number of aliphatic hydroxyl groups excluding tert-OH is 1. The normalized spacial score (nSPS) is 12.2. The molecule has 0 aromatic rings. The van der Waals surface area contributed by atoms with Gasteiger partial charge in [0.2, 0.25) is 0 Å². The van der Waals surface area contributed by atoms with E-state index in [0.29, 0.717) is 13.2 Å². The Kier molecular flexibility index (Phi) is 16.0. The topological polar surface area (TPSA) is 41.5 Å². The Bertz CT molecular complexity index is 226. The fourth-order valence-corrected chi connectivity index (χ4v) is 2.01. The van der Waals surface area contributed by atoms with E-state index in [2.05, 4.69) is 18.2 Å². The molecule has 1 unspecified atom stereocenters. The number of ether oxygens (including phenoxy) is 1. The van der Waals surface area contributed by atoms with Crippen molar-refractivity contribution in [3.8, 4) is 12.3 Å². The third kappa shape index (κ3) is 15.5. The molecule has 3 nitrogen and oxygen atoms in total. The molecule has 2 N–H and O–H groups in total. The zero-order chi connectivity index (χ0) is 14.9. The van der Waals surface area contributed by atoms with Gasteiger partial charge in [0.25, 0.3) is 0 Å². The summed E-state index contributed by atoms with van der Waals surface area (Å²) in [6.45, 7) is 4.95. The number of hydrogen-bond donors (Lipinski definition) is 2. The van der Waals surface area contributed by atoms with E-state index in [1.165, 1.54) is 32.1 Å². The monoisotopic (exact) mass is 283 g/mol. The van der Waals surface area contributed by atoms with Crippen molar-refractivity contribution in [3.05, 3.63) is 0 Å². The van der Waals surface area contributed by atoms with Gasteiger partial charge in [0.1, 0.15) is 0 Å². The van der Waals surface area contributed by atoms with Crippen LogP contribution in [0.1, 0.15) is 64.7 Å². The molecule has 0 aromatic carbocycles. The highest BCUT2D eigenvalue weighted by molar-refractivity contribution is 4.82. The van der Waals surface area contributed by atoms with E-state index >= 15 is 0 Å². The molecule has 0 spiro atoms. The molecule has 0 aromatic heterocycles. The lowest BCUT2D eigenvalue weighted by Gasteiger charge is -2.12. The van der Waals surface area contributed by atoms with Crippen molar-refractivity contribution in [2.24, 2.45) is 0 Å². The third-order valence-corrected chi connectivity index (χ3v) is 3.26. The number of aliphatic hydroxyl groups is 1. The molecule has 0 bridgehead atoms. The Morgan fingerprint density at radius 1 is 1.10 bits per heavy atom. The Morgan fingerprint density at radius 3 is 2.60 bits per heavy atom. The van der Waals surface area contributed by atoms with Crippen LogP contribution in [0.3, 0.4) is 0 Å². The highest BCUT2D eigenvalue weighted by Crippen LogP contribution is 2.04. The molecule has 0 saturated carbocycles. The summed E-state index contributed by atoms with van der Waals surface area (Å²) in [5, 5.41) is 12.9. The van der Waals surface area contributed by atoms with Crippen LogP contribution in [0.15, 0.2) is 0 Å². The van der Waals surface area contributed by atoms with Gasteiger partial charge < -0.3 is 15.2 Å². The fraction of sp³-hybridized carbons (Fsp3) is 0.882. The van der Waals surface area contributed by atoms with E-state index in [1.807, 2.05) is 0 Å². The van der Waals surface area contributed by atoms with Crippen molar-refractivity contribution in [3.63, 3.8) is 0 Å². The lowest BCUT2D eigenvalue weighted by Crippen LogP contribution is -2.31. The van der Waals surface area contributed by atoms with Gasteiger partial charge in [0, 0.05) is 19.6 Å². The van der Waals surface area contributed by atoms with Crippen LogP contribution in [0, 0.1) is 12.3 Å². The van der Waals surface area contributed by atoms with Crippen molar-refractivity contribution in [1.82, 2.24) is 5.32 Å². The lowest BCUT2D eigenvalue weighted by molar-refractivity contribution is 0.0355. The van der Waals surface area contributed by atoms with Crippen LogP contribution < -0.4 is 5.32 Å². The molecule has 0 saturated heterocycles. The summed E-state index contributed by atoms with van der Waals surface area (Å²) in [6, 6.07) is 0. The highest BCUT2D eigenvalue weighted by Gasteiger charge is 2.03. The Labute approximate surface area is 125 Å². The van der Waals surface area contributed by atoms with Crippen molar-refractivity contribution in [2.45, 2.75) is 70.8 Å². The minimum Gasteiger partial charge on any atom is -0.389 e. The quantitative estimate of drug-likeness (QED) is 0.358. The second-order valence-electron chi connectivity index (χ2n) is 5.36. The summed E-state index contributed by atoms with van der Waals surface area (Å²) in [6.07, 6.45) is 15.3. The molecule has 0 aliphatic carbocycles. The summed E-state index contributed by atoms with van der Waals surface area (Å²) in [4.78, 5) is 0. The highest BCUT2D eigenvalue weighted by atomic mass is 16.5. The molecule has 1 atom stereocenters. The standard InChI is InChI=1S/C17H33NO2/c1-3-5-7-9-10-12-14-20-16-17(19)15-18-13-11-8-6-4-2/h2,17-19H,3,5-16H2,1H3. The first-order valence-corrected chi connectivity index (χ1v) is 8.21. The molecular formula is C17H33NO2. The first kappa shape index (κ1) is 19.4. The maximum Gasteiger partial charge on any atom is 0.0897 e. The van der Waals surface area contributed by atoms with Gasteiger partial charge in [0.15, 0.2) is 0 Å². The number of terminal acetylenes is 1. The average molecular weight is 283 g/mol. The lowest BCUT2D eigenvalue weighted by atomic mass is 10.1. The summed E-state index contributed by atoms with van der Waals surface area (Å²) < 4.78 is 5.48. The molecule has 20 heavy (non-hydrogen) atoms. The van der Waals surface area contributed by atoms with Crippen LogP contribution in [0.5, 0.6) is 0 Å². The van der Waals surface area contributed by atoms with E-state index < -0.39 is 6.10 Å². The van der Waals surface area contributed by atoms with Crippen molar-refractivity contribution in [1.29, 1.82) is 0 Å². The zero-order valence-electron chi connectivity index (χ0n) is 13.2. The molecule has 0 amide bonds. The van der Waals surface area contributed by atoms with E-state index in [0.717, 1.165) is 38.8 Å². The number of hydrogen-bond acceptors (Lipinski definition) is 3. The molecule has 0 aliphatic rings. The zero-order valence-corrected chi connectivity index (χ0v) is 13.2. The number of rotatable bonds is 15. The van der Waals surface area contributed by atoms with Crippen LogP contribution >= 0.6 is 0 Å².